The lowest BCUT2D eigenvalue weighted by molar-refractivity contribution is -0.117. The van der Waals surface area contributed by atoms with Crippen molar-refractivity contribution in [1.29, 1.82) is 0 Å². The molecule has 5 rings (SSSR count). The van der Waals surface area contributed by atoms with Crippen LogP contribution in [0.5, 0.6) is 0 Å². The van der Waals surface area contributed by atoms with Gasteiger partial charge in [-0.3, -0.25) is 4.79 Å². The van der Waals surface area contributed by atoms with Crippen molar-refractivity contribution in [2.75, 3.05) is 22.1 Å². The first-order valence-electron chi connectivity index (χ1n) is 11.5. The maximum absolute atomic E-state index is 13.1. The predicted molar refractivity (Wildman–Crippen MR) is 124 cm³/mol. The van der Waals surface area contributed by atoms with Crippen molar-refractivity contribution in [1.82, 2.24) is 24.9 Å². The van der Waals surface area contributed by atoms with E-state index in [2.05, 4.69) is 20.7 Å². The normalized spacial score (nSPS) is 17.3. The van der Waals surface area contributed by atoms with Gasteiger partial charge in [0, 0.05) is 18.2 Å². The van der Waals surface area contributed by atoms with Crippen molar-refractivity contribution in [3.8, 4) is 0 Å². The molecule has 1 atom stereocenters. The van der Waals surface area contributed by atoms with E-state index in [1.165, 1.54) is 18.3 Å². The number of anilines is 4. The topological polar surface area (TPSA) is 121 Å². The fourth-order valence-corrected chi connectivity index (χ4v) is 4.48. The molecule has 11 heteroatoms. The molecule has 0 aromatic carbocycles. The third kappa shape index (κ3) is 4.25. The second-order valence-electron chi connectivity index (χ2n) is 8.98. The Kier molecular flexibility index (Phi) is 5.76. The summed E-state index contributed by atoms with van der Waals surface area (Å²) in [5, 5.41) is 20.4. The molecular weight excluding hydrogens is 439 g/mol. The number of aryl methyl sites for hydroxylation is 1. The summed E-state index contributed by atoms with van der Waals surface area (Å²) >= 11 is 0. The molecule has 0 saturated carbocycles. The molecule has 1 unspecified atom stereocenters. The van der Waals surface area contributed by atoms with Crippen molar-refractivity contribution in [3.05, 3.63) is 47.3 Å². The van der Waals surface area contributed by atoms with Gasteiger partial charge in [0.05, 0.1) is 23.3 Å². The minimum Gasteiger partial charge on any atom is -0.410 e. The standard InChI is InChI=1S/C23H27FN8O2/c1-13(2)17-11-20(32(34)30-17)28-21-15-5-3-6-16(15)27-23(29-21)31-10-4-7-18(31)22(33)26-14-8-9-19(24)25-12-14/h8-9,11-13,18,34H,3-7,10H2,1-2H3,(H,26,33)(H,27,28,29). The highest BCUT2D eigenvalue weighted by atomic mass is 19.1. The number of carbonyl (C=O) groups excluding carboxylic acids is 1. The van der Waals surface area contributed by atoms with E-state index in [1.807, 2.05) is 18.7 Å². The number of fused-ring (bicyclic) bond motifs is 1. The molecule has 1 aliphatic carbocycles. The van der Waals surface area contributed by atoms with E-state index in [-0.39, 0.29) is 11.8 Å². The second kappa shape index (κ2) is 8.88. The molecule has 34 heavy (non-hydrogen) atoms. The first-order valence-corrected chi connectivity index (χ1v) is 11.5. The first kappa shape index (κ1) is 22.1. The lowest BCUT2D eigenvalue weighted by Crippen LogP contribution is -2.40. The number of pyridine rings is 1. The van der Waals surface area contributed by atoms with Crippen LogP contribution in [0.1, 0.15) is 56.0 Å². The van der Waals surface area contributed by atoms with Crippen LogP contribution < -0.4 is 15.5 Å². The minimum atomic E-state index is -0.600. The smallest absolute Gasteiger partial charge is 0.247 e. The number of carbonyl (C=O) groups is 1. The van der Waals surface area contributed by atoms with E-state index < -0.39 is 12.0 Å². The highest BCUT2D eigenvalue weighted by Crippen LogP contribution is 2.33. The number of aromatic nitrogens is 5. The zero-order chi connectivity index (χ0) is 23.8. The van der Waals surface area contributed by atoms with Gasteiger partial charge in [-0.25, -0.2) is 9.97 Å². The third-order valence-corrected chi connectivity index (χ3v) is 6.28. The lowest BCUT2D eigenvalue weighted by Gasteiger charge is -2.25. The van der Waals surface area contributed by atoms with E-state index in [1.54, 1.807) is 6.07 Å². The summed E-state index contributed by atoms with van der Waals surface area (Å²) in [6.07, 6.45) is 5.43. The quantitative estimate of drug-likeness (QED) is 0.373. The molecule has 1 saturated heterocycles. The molecule has 0 bridgehead atoms. The van der Waals surface area contributed by atoms with Crippen molar-refractivity contribution in [3.63, 3.8) is 0 Å². The number of nitrogens with one attached hydrogen (secondary N) is 2. The Bertz CT molecular complexity index is 1210. The average molecular weight is 467 g/mol. The van der Waals surface area contributed by atoms with Crippen LogP contribution in [0.15, 0.2) is 24.4 Å². The van der Waals surface area contributed by atoms with Gasteiger partial charge in [0.25, 0.3) is 0 Å². The summed E-state index contributed by atoms with van der Waals surface area (Å²) in [5.74, 6) is 0.891. The van der Waals surface area contributed by atoms with Crippen LogP contribution in [-0.2, 0) is 17.6 Å². The highest BCUT2D eigenvalue weighted by Gasteiger charge is 2.34. The maximum Gasteiger partial charge on any atom is 0.247 e. The number of amides is 1. The summed E-state index contributed by atoms with van der Waals surface area (Å²) in [4.78, 5) is 28.9. The van der Waals surface area contributed by atoms with Gasteiger partial charge in [0.1, 0.15) is 11.9 Å². The van der Waals surface area contributed by atoms with Gasteiger partial charge in [0.2, 0.25) is 17.8 Å². The van der Waals surface area contributed by atoms with E-state index in [9.17, 15) is 14.4 Å². The fraction of sp³-hybridized carbons (Fsp3) is 0.435. The monoisotopic (exact) mass is 466 g/mol. The van der Waals surface area contributed by atoms with Crippen LogP contribution in [0.4, 0.5) is 27.7 Å². The lowest BCUT2D eigenvalue weighted by atomic mass is 10.1. The first-order chi connectivity index (χ1) is 16.4. The number of hydrogen-bond acceptors (Lipinski definition) is 8. The SMILES string of the molecule is CC(C)c1cc(Nc2nc(N3CCCC3C(=O)Nc3ccc(F)nc3)nc3c2CCC3)n(O)n1. The molecule has 2 aliphatic rings. The summed E-state index contributed by atoms with van der Waals surface area (Å²) in [7, 11) is 0. The Hall–Kier alpha value is -3.76. The van der Waals surface area contributed by atoms with Gasteiger partial charge in [-0.2, -0.15) is 9.37 Å². The average Bonchev–Trinajstić information content (AvgIpc) is 3.55. The van der Waals surface area contributed by atoms with Crippen LogP contribution in [-0.4, -0.2) is 48.6 Å². The molecule has 1 amide bonds. The zero-order valence-corrected chi connectivity index (χ0v) is 19.1. The molecule has 0 spiro atoms. The van der Waals surface area contributed by atoms with Gasteiger partial charge in [0.15, 0.2) is 5.82 Å². The Labute approximate surface area is 196 Å². The molecule has 3 aromatic rings. The Morgan fingerprint density at radius 2 is 2.09 bits per heavy atom. The van der Waals surface area contributed by atoms with Gasteiger partial charge in [-0.1, -0.05) is 18.7 Å². The molecule has 3 aromatic heterocycles. The molecular formula is C23H27FN8O2. The summed E-state index contributed by atoms with van der Waals surface area (Å²) in [6.45, 7) is 4.66. The molecule has 1 aliphatic heterocycles. The molecule has 0 radical (unpaired) electrons. The number of halogens is 1. The van der Waals surface area contributed by atoms with E-state index in [4.69, 9.17) is 9.97 Å². The molecule has 3 N–H and O–H groups in total. The summed E-state index contributed by atoms with van der Waals surface area (Å²) < 4.78 is 13.1. The van der Waals surface area contributed by atoms with Gasteiger partial charge < -0.3 is 20.7 Å². The third-order valence-electron chi connectivity index (χ3n) is 6.28. The molecule has 10 nitrogen and oxygen atoms in total. The van der Waals surface area contributed by atoms with Crippen molar-refractivity contribution in [2.45, 2.75) is 57.9 Å². The maximum atomic E-state index is 13.1. The predicted octanol–water partition coefficient (Wildman–Crippen LogP) is 3.41. The Morgan fingerprint density at radius 1 is 1.24 bits per heavy atom. The number of nitrogens with zero attached hydrogens (tertiary/aromatic N) is 6. The van der Waals surface area contributed by atoms with Crippen molar-refractivity contribution >= 4 is 29.2 Å². The fourth-order valence-electron chi connectivity index (χ4n) is 4.48. The number of hydrogen-bond donors (Lipinski definition) is 3. The minimum absolute atomic E-state index is 0.167. The Morgan fingerprint density at radius 3 is 2.82 bits per heavy atom. The van der Waals surface area contributed by atoms with Gasteiger partial charge in [-0.05, 0) is 50.2 Å². The largest absolute Gasteiger partial charge is 0.410 e. The summed E-state index contributed by atoms with van der Waals surface area (Å²) in [5.41, 5.74) is 3.18. The molecule has 4 heterocycles. The van der Waals surface area contributed by atoms with Crippen LogP contribution in [0.25, 0.3) is 0 Å². The van der Waals surface area contributed by atoms with E-state index >= 15 is 0 Å². The second-order valence-corrected chi connectivity index (χ2v) is 8.98. The summed E-state index contributed by atoms with van der Waals surface area (Å²) in [6, 6.07) is 4.04. The van der Waals surface area contributed by atoms with Crippen molar-refractivity contribution in [2.24, 2.45) is 0 Å². The van der Waals surface area contributed by atoms with Crippen LogP contribution in [0.3, 0.4) is 0 Å². The molecule has 178 valence electrons. The molecule has 1 fully saturated rings. The van der Waals surface area contributed by atoms with E-state index in [0.29, 0.717) is 36.2 Å². The van der Waals surface area contributed by atoms with Crippen LogP contribution in [0, 0.1) is 5.95 Å². The van der Waals surface area contributed by atoms with E-state index in [0.717, 1.165) is 47.5 Å². The van der Waals surface area contributed by atoms with Crippen molar-refractivity contribution < 1.29 is 14.4 Å². The van der Waals surface area contributed by atoms with Crippen LogP contribution in [0.2, 0.25) is 0 Å². The van der Waals surface area contributed by atoms with Gasteiger partial charge >= 0.3 is 0 Å². The Balaban J connectivity index is 1.42. The zero-order valence-electron chi connectivity index (χ0n) is 19.1. The van der Waals surface area contributed by atoms with Gasteiger partial charge in [-0.15, -0.1) is 5.10 Å². The highest BCUT2D eigenvalue weighted by molar-refractivity contribution is 5.96. The number of rotatable bonds is 6. The van der Waals surface area contributed by atoms with Crippen LogP contribution >= 0.6 is 0 Å².